The maximum absolute atomic E-state index is 13.2. The summed E-state index contributed by atoms with van der Waals surface area (Å²) >= 11 is 0. The van der Waals surface area contributed by atoms with Gasteiger partial charge in [0.05, 0.1) is 6.61 Å². The summed E-state index contributed by atoms with van der Waals surface area (Å²) in [5.41, 5.74) is 7.53. The van der Waals surface area contributed by atoms with E-state index in [1.807, 2.05) is 6.92 Å². The van der Waals surface area contributed by atoms with E-state index < -0.39 is 11.9 Å². The molecule has 168 valence electrons. The maximum atomic E-state index is 13.2. The van der Waals surface area contributed by atoms with E-state index in [0.29, 0.717) is 23.9 Å². The quantitative estimate of drug-likeness (QED) is 0.417. The molecular weight excluding hydrogens is 413 g/mol. The van der Waals surface area contributed by atoms with Gasteiger partial charge in [-0.25, -0.2) is 9.18 Å². The molecule has 1 amide bonds. The molecular formula is C24H26FN3O4. The standard InChI is InChI=1S/C24H26FN3O4/c1-2-3-10-32-22-20(24(30)31)13-19(23(29)27-9-8-26)18-12-16(14-28-21(18)22)11-15-4-6-17(25)7-5-15/h4-7,12-14H,2-3,8-11,26H2,1H3,(H,27,29)(H,30,31). The Morgan fingerprint density at radius 2 is 1.91 bits per heavy atom. The van der Waals surface area contributed by atoms with Gasteiger partial charge in [0.2, 0.25) is 0 Å². The average molecular weight is 439 g/mol. The normalized spacial score (nSPS) is 10.8. The number of nitrogens with one attached hydrogen (secondary N) is 1. The van der Waals surface area contributed by atoms with E-state index in [9.17, 15) is 19.1 Å². The van der Waals surface area contributed by atoms with Crippen LogP contribution in [0, 0.1) is 5.82 Å². The van der Waals surface area contributed by atoms with Crippen molar-refractivity contribution < 1.29 is 23.8 Å². The Morgan fingerprint density at radius 1 is 1.16 bits per heavy atom. The molecule has 0 atom stereocenters. The molecule has 0 unspecified atom stereocenters. The smallest absolute Gasteiger partial charge is 0.339 e. The Balaban J connectivity index is 2.13. The van der Waals surface area contributed by atoms with E-state index >= 15 is 0 Å². The summed E-state index contributed by atoms with van der Waals surface area (Å²) in [5, 5.41) is 12.9. The number of nitrogens with two attached hydrogens (primary N) is 1. The molecule has 7 nitrogen and oxygen atoms in total. The molecule has 3 rings (SSSR count). The first-order valence-electron chi connectivity index (χ1n) is 10.5. The number of carbonyl (C=O) groups excluding carboxylic acids is 1. The number of ether oxygens (including phenoxy) is 1. The van der Waals surface area contributed by atoms with Crippen LogP contribution >= 0.6 is 0 Å². The number of carboxylic acids is 1. The number of nitrogens with zero attached hydrogens (tertiary/aromatic N) is 1. The molecule has 2 aromatic carbocycles. The number of hydrogen-bond donors (Lipinski definition) is 3. The number of aromatic carboxylic acids is 1. The number of aromatic nitrogens is 1. The van der Waals surface area contributed by atoms with Crippen molar-refractivity contribution in [3.8, 4) is 5.75 Å². The Bertz CT molecular complexity index is 1120. The minimum atomic E-state index is -1.21. The molecule has 0 radical (unpaired) electrons. The van der Waals surface area contributed by atoms with Crippen molar-refractivity contribution in [2.45, 2.75) is 26.2 Å². The zero-order chi connectivity index (χ0) is 23.1. The number of fused-ring (bicyclic) bond motifs is 1. The summed E-state index contributed by atoms with van der Waals surface area (Å²) in [6, 6.07) is 9.24. The van der Waals surface area contributed by atoms with E-state index in [-0.39, 0.29) is 35.8 Å². The van der Waals surface area contributed by atoms with Gasteiger partial charge in [-0.05, 0) is 48.2 Å². The van der Waals surface area contributed by atoms with Gasteiger partial charge in [-0.2, -0.15) is 0 Å². The minimum Gasteiger partial charge on any atom is -0.490 e. The van der Waals surface area contributed by atoms with Crippen LogP contribution in [0.15, 0.2) is 42.6 Å². The van der Waals surface area contributed by atoms with Gasteiger partial charge in [0.25, 0.3) is 5.91 Å². The van der Waals surface area contributed by atoms with E-state index in [1.54, 1.807) is 24.4 Å². The molecule has 1 aromatic heterocycles. The van der Waals surface area contributed by atoms with Crippen molar-refractivity contribution in [3.63, 3.8) is 0 Å². The number of carbonyl (C=O) groups is 2. The van der Waals surface area contributed by atoms with Crippen molar-refractivity contribution in [1.29, 1.82) is 0 Å². The summed E-state index contributed by atoms with van der Waals surface area (Å²) in [7, 11) is 0. The van der Waals surface area contributed by atoms with Crippen LogP contribution in [-0.4, -0.2) is 41.7 Å². The highest BCUT2D eigenvalue weighted by molar-refractivity contribution is 6.11. The summed E-state index contributed by atoms with van der Waals surface area (Å²) in [5.74, 6) is -1.82. The second kappa shape index (κ2) is 10.7. The summed E-state index contributed by atoms with van der Waals surface area (Å²) in [6.07, 6.45) is 3.72. The van der Waals surface area contributed by atoms with Crippen LogP contribution in [0.3, 0.4) is 0 Å². The van der Waals surface area contributed by atoms with Crippen molar-refractivity contribution in [3.05, 3.63) is 70.7 Å². The highest BCUT2D eigenvalue weighted by Gasteiger charge is 2.23. The second-order valence-electron chi connectivity index (χ2n) is 7.40. The van der Waals surface area contributed by atoms with E-state index in [0.717, 1.165) is 24.0 Å². The molecule has 0 aliphatic heterocycles. The predicted molar refractivity (Wildman–Crippen MR) is 120 cm³/mol. The van der Waals surface area contributed by atoms with Gasteiger partial charge in [0, 0.05) is 30.2 Å². The number of benzene rings is 2. The molecule has 0 spiro atoms. The lowest BCUT2D eigenvalue weighted by Gasteiger charge is -2.16. The monoisotopic (exact) mass is 439 g/mol. The minimum absolute atomic E-state index is 0.120. The third kappa shape index (κ3) is 5.39. The molecule has 8 heteroatoms. The van der Waals surface area contributed by atoms with Gasteiger partial charge in [-0.1, -0.05) is 25.5 Å². The molecule has 0 saturated heterocycles. The third-order valence-corrected chi connectivity index (χ3v) is 4.95. The van der Waals surface area contributed by atoms with Crippen molar-refractivity contribution >= 4 is 22.8 Å². The van der Waals surface area contributed by atoms with Gasteiger partial charge in [0.1, 0.15) is 16.9 Å². The topological polar surface area (TPSA) is 115 Å². The molecule has 0 aliphatic carbocycles. The molecule has 4 N–H and O–H groups in total. The highest BCUT2D eigenvalue weighted by Crippen LogP contribution is 2.33. The van der Waals surface area contributed by atoms with E-state index in [2.05, 4.69) is 10.3 Å². The number of amides is 1. The first kappa shape index (κ1) is 23.1. The van der Waals surface area contributed by atoms with Crippen molar-refractivity contribution in [2.75, 3.05) is 19.7 Å². The molecule has 0 aliphatic rings. The first-order chi connectivity index (χ1) is 15.4. The molecule has 1 heterocycles. The second-order valence-corrected chi connectivity index (χ2v) is 7.40. The number of halogens is 1. The SMILES string of the molecule is CCCCOc1c(C(=O)O)cc(C(=O)NCCN)c2cc(Cc3ccc(F)cc3)cnc12. The molecule has 0 saturated carbocycles. The molecule has 0 bridgehead atoms. The zero-order valence-electron chi connectivity index (χ0n) is 17.9. The van der Waals surface area contributed by atoms with Crippen LogP contribution in [-0.2, 0) is 6.42 Å². The number of hydrogen-bond acceptors (Lipinski definition) is 5. The fourth-order valence-corrected chi connectivity index (χ4v) is 3.34. The number of rotatable bonds is 10. The summed E-state index contributed by atoms with van der Waals surface area (Å²) < 4.78 is 19.0. The Hall–Kier alpha value is -3.52. The summed E-state index contributed by atoms with van der Waals surface area (Å²) in [6.45, 7) is 2.84. The van der Waals surface area contributed by atoms with Gasteiger partial charge in [0.15, 0.2) is 5.75 Å². The Morgan fingerprint density at radius 3 is 2.56 bits per heavy atom. The predicted octanol–water partition coefficient (Wildman–Crippen LogP) is 3.53. The lowest BCUT2D eigenvalue weighted by molar-refractivity contribution is 0.0692. The first-order valence-corrected chi connectivity index (χ1v) is 10.5. The average Bonchev–Trinajstić information content (AvgIpc) is 2.78. The largest absolute Gasteiger partial charge is 0.490 e. The fraction of sp³-hybridized carbons (Fsp3) is 0.292. The van der Waals surface area contributed by atoms with Crippen LogP contribution in [0.4, 0.5) is 4.39 Å². The van der Waals surface area contributed by atoms with Crippen LogP contribution in [0.2, 0.25) is 0 Å². The third-order valence-electron chi connectivity index (χ3n) is 4.95. The lowest BCUT2D eigenvalue weighted by atomic mass is 9.98. The Kier molecular flexibility index (Phi) is 7.72. The van der Waals surface area contributed by atoms with E-state index in [4.69, 9.17) is 10.5 Å². The van der Waals surface area contributed by atoms with Crippen LogP contribution in [0.1, 0.15) is 51.6 Å². The lowest BCUT2D eigenvalue weighted by Crippen LogP contribution is -2.29. The number of carboxylic acid groups (broad SMARTS) is 1. The number of unbranched alkanes of at least 4 members (excludes halogenated alkanes) is 1. The molecule has 0 fully saturated rings. The van der Waals surface area contributed by atoms with E-state index in [1.165, 1.54) is 18.2 Å². The Labute approximate surface area is 185 Å². The zero-order valence-corrected chi connectivity index (χ0v) is 17.9. The van der Waals surface area contributed by atoms with Crippen molar-refractivity contribution in [2.24, 2.45) is 5.73 Å². The van der Waals surface area contributed by atoms with Crippen LogP contribution in [0.25, 0.3) is 10.9 Å². The molecule has 32 heavy (non-hydrogen) atoms. The summed E-state index contributed by atoms with van der Waals surface area (Å²) in [4.78, 5) is 29.2. The van der Waals surface area contributed by atoms with Crippen LogP contribution < -0.4 is 15.8 Å². The fourth-order valence-electron chi connectivity index (χ4n) is 3.34. The van der Waals surface area contributed by atoms with Crippen LogP contribution in [0.5, 0.6) is 5.75 Å². The van der Waals surface area contributed by atoms with Gasteiger partial charge < -0.3 is 20.9 Å². The van der Waals surface area contributed by atoms with Gasteiger partial charge in [-0.15, -0.1) is 0 Å². The maximum Gasteiger partial charge on any atom is 0.339 e. The number of pyridine rings is 1. The van der Waals surface area contributed by atoms with Crippen molar-refractivity contribution in [1.82, 2.24) is 10.3 Å². The van der Waals surface area contributed by atoms with Gasteiger partial charge in [-0.3, -0.25) is 9.78 Å². The highest BCUT2D eigenvalue weighted by atomic mass is 19.1. The van der Waals surface area contributed by atoms with Gasteiger partial charge >= 0.3 is 5.97 Å². The molecule has 3 aromatic rings.